The minimum absolute atomic E-state index is 0.358. The maximum absolute atomic E-state index is 12.0. The molecule has 2 N–H and O–H groups in total. The third-order valence-corrected chi connectivity index (χ3v) is 4.68. The lowest BCUT2D eigenvalue weighted by Gasteiger charge is -2.06. The molecule has 3 aromatic rings. The molecular formula is C15H14N4O2S2. The molecule has 0 bridgehead atoms. The summed E-state index contributed by atoms with van der Waals surface area (Å²) in [5.41, 5.74) is 0.675. The van der Waals surface area contributed by atoms with Gasteiger partial charge in [-0.3, -0.25) is 5.32 Å². The average molecular weight is 346 g/mol. The number of hydrogen-bond acceptors (Lipinski definition) is 6. The van der Waals surface area contributed by atoms with Crippen molar-refractivity contribution < 1.29 is 9.53 Å². The van der Waals surface area contributed by atoms with Crippen molar-refractivity contribution in [3.8, 4) is 15.6 Å². The molecule has 0 unspecified atom stereocenters. The van der Waals surface area contributed by atoms with E-state index in [0.717, 1.165) is 15.6 Å². The molecule has 0 fully saturated rings. The second-order valence-electron chi connectivity index (χ2n) is 4.43. The van der Waals surface area contributed by atoms with Crippen molar-refractivity contribution in [2.45, 2.75) is 6.92 Å². The number of carbonyl (C=O) groups is 1. The van der Waals surface area contributed by atoms with Crippen molar-refractivity contribution >= 4 is 39.5 Å². The molecule has 2 heterocycles. The third kappa shape index (κ3) is 4.05. The number of nitrogens with zero attached hydrogens (tertiary/aromatic N) is 2. The van der Waals surface area contributed by atoms with Gasteiger partial charge in [0.05, 0.1) is 11.5 Å². The van der Waals surface area contributed by atoms with Gasteiger partial charge < -0.3 is 10.1 Å². The molecule has 0 spiro atoms. The molecule has 23 heavy (non-hydrogen) atoms. The Hall–Kier alpha value is -2.45. The van der Waals surface area contributed by atoms with E-state index in [4.69, 9.17) is 4.74 Å². The third-order valence-electron chi connectivity index (χ3n) is 2.80. The summed E-state index contributed by atoms with van der Waals surface area (Å²) in [6.45, 7) is 2.53. The highest BCUT2D eigenvalue weighted by atomic mass is 32.1. The number of rotatable bonds is 5. The Morgan fingerprint density at radius 2 is 2.00 bits per heavy atom. The molecule has 0 saturated carbocycles. The minimum atomic E-state index is -0.358. The van der Waals surface area contributed by atoms with Gasteiger partial charge in [0.2, 0.25) is 5.13 Å². The van der Waals surface area contributed by atoms with E-state index in [1.165, 1.54) is 11.3 Å². The Kier molecular flexibility index (Phi) is 4.84. The van der Waals surface area contributed by atoms with Crippen LogP contribution < -0.4 is 15.4 Å². The Balaban J connectivity index is 1.59. The molecule has 0 aliphatic rings. The Labute approximate surface area is 141 Å². The first-order valence-electron chi connectivity index (χ1n) is 6.93. The van der Waals surface area contributed by atoms with Crippen LogP contribution in [-0.4, -0.2) is 22.8 Å². The molecule has 1 aromatic carbocycles. The van der Waals surface area contributed by atoms with Crippen LogP contribution in [0.4, 0.5) is 15.6 Å². The van der Waals surface area contributed by atoms with Crippen LogP contribution in [0.1, 0.15) is 6.92 Å². The highest BCUT2D eigenvalue weighted by molar-refractivity contribution is 7.23. The van der Waals surface area contributed by atoms with Crippen LogP contribution in [-0.2, 0) is 0 Å². The van der Waals surface area contributed by atoms with Gasteiger partial charge >= 0.3 is 6.03 Å². The van der Waals surface area contributed by atoms with Gasteiger partial charge in [0.15, 0.2) is 5.01 Å². The summed E-state index contributed by atoms with van der Waals surface area (Å²) in [5.74, 6) is 0.767. The van der Waals surface area contributed by atoms with Gasteiger partial charge in [-0.15, -0.1) is 21.5 Å². The van der Waals surface area contributed by atoms with E-state index in [1.54, 1.807) is 35.6 Å². The first-order valence-corrected chi connectivity index (χ1v) is 8.62. The average Bonchev–Trinajstić information content (AvgIpc) is 3.20. The quantitative estimate of drug-likeness (QED) is 0.722. The number of hydrogen-bond donors (Lipinski definition) is 2. The number of urea groups is 1. The first-order chi connectivity index (χ1) is 11.2. The maximum Gasteiger partial charge on any atom is 0.325 e. The molecule has 0 saturated heterocycles. The standard InChI is InChI=1S/C15H14N4O2S2/c1-2-21-11-7-5-10(6-8-11)16-14(20)17-15-19-18-13(23-15)12-4-3-9-22-12/h3-9H,2H2,1H3,(H2,16,17,19,20). The summed E-state index contributed by atoms with van der Waals surface area (Å²) >= 11 is 2.92. The summed E-state index contributed by atoms with van der Waals surface area (Å²) in [7, 11) is 0. The molecule has 0 atom stereocenters. The fourth-order valence-electron chi connectivity index (χ4n) is 1.83. The number of aromatic nitrogens is 2. The summed E-state index contributed by atoms with van der Waals surface area (Å²) in [6, 6.07) is 10.7. The van der Waals surface area contributed by atoms with Crippen molar-refractivity contribution in [2.75, 3.05) is 17.2 Å². The Bertz CT molecular complexity index is 769. The van der Waals surface area contributed by atoms with Crippen molar-refractivity contribution in [3.05, 3.63) is 41.8 Å². The van der Waals surface area contributed by atoms with Crippen LogP contribution in [0.15, 0.2) is 41.8 Å². The van der Waals surface area contributed by atoms with E-state index in [2.05, 4.69) is 20.8 Å². The highest BCUT2D eigenvalue weighted by Gasteiger charge is 2.10. The van der Waals surface area contributed by atoms with E-state index in [-0.39, 0.29) is 6.03 Å². The molecule has 2 amide bonds. The molecule has 2 aromatic heterocycles. The monoisotopic (exact) mass is 346 g/mol. The summed E-state index contributed by atoms with van der Waals surface area (Å²) in [5, 5.41) is 16.7. The number of anilines is 2. The number of benzene rings is 1. The molecule has 3 rings (SSSR count). The van der Waals surface area contributed by atoms with Gasteiger partial charge in [0, 0.05) is 5.69 Å². The Morgan fingerprint density at radius 1 is 1.17 bits per heavy atom. The Morgan fingerprint density at radius 3 is 2.70 bits per heavy atom. The highest BCUT2D eigenvalue weighted by Crippen LogP contribution is 2.29. The molecular weight excluding hydrogens is 332 g/mol. The molecule has 0 aliphatic heterocycles. The van der Waals surface area contributed by atoms with Gasteiger partial charge in [-0.2, -0.15) is 0 Å². The predicted octanol–water partition coefficient (Wildman–Crippen LogP) is 4.31. The van der Waals surface area contributed by atoms with E-state index < -0.39 is 0 Å². The van der Waals surface area contributed by atoms with E-state index in [1.807, 2.05) is 24.4 Å². The van der Waals surface area contributed by atoms with E-state index in [0.29, 0.717) is 17.4 Å². The lowest BCUT2D eigenvalue weighted by atomic mass is 10.3. The van der Waals surface area contributed by atoms with E-state index >= 15 is 0 Å². The minimum Gasteiger partial charge on any atom is -0.494 e. The zero-order valence-electron chi connectivity index (χ0n) is 12.3. The van der Waals surface area contributed by atoms with Gasteiger partial charge in [-0.05, 0) is 42.6 Å². The normalized spacial score (nSPS) is 10.3. The largest absolute Gasteiger partial charge is 0.494 e. The maximum atomic E-state index is 12.0. The summed E-state index contributed by atoms with van der Waals surface area (Å²) in [6.07, 6.45) is 0. The SMILES string of the molecule is CCOc1ccc(NC(=O)Nc2nnc(-c3cccs3)s2)cc1. The van der Waals surface area contributed by atoms with Crippen LogP contribution in [0, 0.1) is 0 Å². The van der Waals surface area contributed by atoms with Crippen LogP contribution >= 0.6 is 22.7 Å². The van der Waals surface area contributed by atoms with Crippen LogP contribution in [0.5, 0.6) is 5.75 Å². The predicted molar refractivity (Wildman–Crippen MR) is 93.5 cm³/mol. The zero-order valence-corrected chi connectivity index (χ0v) is 13.9. The fourth-order valence-corrected chi connectivity index (χ4v) is 3.36. The van der Waals surface area contributed by atoms with Crippen LogP contribution in [0.2, 0.25) is 0 Å². The fraction of sp³-hybridized carbons (Fsp3) is 0.133. The molecule has 0 aliphatic carbocycles. The number of nitrogens with one attached hydrogen (secondary N) is 2. The van der Waals surface area contributed by atoms with E-state index in [9.17, 15) is 4.79 Å². The molecule has 118 valence electrons. The topological polar surface area (TPSA) is 76.1 Å². The molecule has 6 nitrogen and oxygen atoms in total. The van der Waals surface area contributed by atoms with Gasteiger partial charge in [0.25, 0.3) is 0 Å². The number of carbonyl (C=O) groups excluding carboxylic acids is 1. The number of thiophene rings is 1. The lowest BCUT2D eigenvalue weighted by molar-refractivity contribution is 0.262. The van der Waals surface area contributed by atoms with Crippen molar-refractivity contribution in [3.63, 3.8) is 0 Å². The smallest absolute Gasteiger partial charge is 0.325 e. The summed E-state index contributed by atoms with van der Waals surface area (Å²) < 4.78 is 5.36. The van der Waals surface area contributed by atoms with Crippen molar-refractivity contribution in [2.24, 2.45) is 0 Å². The number of ether oxygens (including phenoxy) is 1. The lowest BCUT2D eigenvalue weighted by Crippen LogP contribution is -2.19. The van der Waals surface area contributed by atoms with Crippen molar-refractivity contribution in [1.82, 2.24) is 10.2 Å². The summed E-state index contributed by atoms with van der Waals surface area (Å²) in [4.78, 5) is 13.0. The van der Waals surface area contributed by atoms with Gasteiger partial charge in [0.1, 0.15) is 5.75 Å². The molecule has 0 radical (unpaired) electrons. The van der Waals surface area contributed by atoms with Crippen LogP contribution in [0.3, 0.4) is 0 Å². The number of amides is 2. The van der Waals surface area contributed by atoms with Gasteiger partial charge in [-0.1, -0.05) is 17.4 Å². The molecule has 8 heteroatoms. The van der Waals surface area contributed by atoms with Crippen LogP contribution in [0.25, 0.3) is 9.88 Å². The zero-order chi connectivity index (χ0) is 16.1. The second-order valence-corrected chi connectivity index (χ2v) is 6.35. The van der Waals surface area contributed by atoms with Crippen molar-refractivity contribution in [1.29, 1.82) is 0 Å². The van der Waals surface area contributed by atoms with Gasteiger partial charge in [-0.25, -0.2) is 4.79 Å². The first kappa shape index (κ1) is 15.4. The second kappa shape index (κ2) is 7.21.